The molecule has 1 aliphatic rings. The van der Waals surface area contributed by atoms with Crippen LogP contribution in [0, 0.1) is 0 Å². The first-order chi connectivity index (χ1) is 7.43. The normalized spacial score (nSPS) is 18.6. The molecular weight excluding hydrogens is 228 g/mol. The molecule has 88 valence electrons. The summed E-state index contributed by atoms with van der Waals surface area (Å²) >= 11 is 6.12. The van der Waals surface area contributed by atoms with Crippen LogP contribution in [0.2, 0.25) is 5.02 Å². The molecule has 1 unspecified atom stereocenters. The van der Waals surface area contributed by atoms with Crippen molar-refractivity contribution in [3.8, 4) is 11.5 Å². The van der Waals surface area contributed by atoms with Crippen LogP contribution in [0.25, 0.3) is 0 Å². The van der Waals surface area contributed by atoms with E-state index >= 15 is 0 Å². The second kappa shape index (κ2) is 3.82. The van der Waals surface area contributed by atoms with E-state index in [0.29, 0.717) is 16.5 Å². The Morgan fingerprint density at radius 1 is 1.38 bits per heavy atom. The maximum Gasteiger partial charge on any atom is 0.246 e. The van der Waals surface area contributed by atoms with E-state index in [0.717, 1.165) is 5.56 Å². The van der Waals surface area contributed by atoms with Crippen molar-refractivity contribution in [2.24, 2.45) is 0 Å². The lowest BCUT2D eigenvalue weighted by atomic mass is 10.0. The van der Waals surface area contributed by atoms with Crippen molar-refractivity contribution in [3.63, 3.8) is 0 Å². The molecule has 0 bridgehead atoms. The Hall–Kier alpha value is -0.930. The smallest absolute Gasteiger partial charge is 0.246 e. The van der Waals surface area contributed by atoms with Gasteiger partial charge in [-0.2, -0.15) is 0 Å². The van der Waals surface area contributed by atoms with Crippen molar-refractivity contribution >= 4 is 11.6 Å². The highest BCUT2D eigenvalue weighted by Gasteiger charge is 2.34. The highest BCUT2D eigenvalue weighted by molar-refractivity contribution is 6.32. The van der Waals surface area contributed by atoms with E-state index in [1.807, 2.05) is 32.9 Å². The zero-order valence-corrected chi connectivity index (χ0v) is 10.3. The highest BCUT2D eigenvalue weighted by Crippen LogP contribution is 2.45. The summed E-state index contributed by atoms with van der Waals surface area (Å²) in [6, 6.07) is 3.68. The van der Waals surface area contributed by atoms with Gasteiger partial charge in [0, 0.05) is 26.4 Å². The maximum atomic E-state index is 9.12. The molecule has 0 aliphatic carbocycles. The molecule has 2 rings (SSSR count). The Bertz CT molecular complexity index is 415. The van der Waals surface area contributed by atoms with Crippen molar-refractivity contribution in [3.05, 3.63) is 22.7 Å². The molecule has 0 spiro atoms. The maximum absolute atomic E-state index is 9.12. The number of aliphatic hydroxyl groups is 1. The highest BCUT2D eigenvalue weighted by atomic mass is 35.5. The minimum absolute atomic E-state index is 0.0371. The van der Waals surface area contributed by atoms with Crippen molar-refractivity contribution in [1.82, 2.24) is 0 Å². The molecule has 1 aliphatic heterocycles. The van der Waals surface area contributed by atoms with Crippen LogP contribution in [0.5, 0.6) is 11.5 Å². The van der Waals surface area contributed by atoms with Gasteiger partial charge in [-0.3, -0.25) is 0 Å². The number of halogens is 1. The molecule has 0 saturated heterocycles. The van der Waals surface area contributed by atoms with Gasteiger partial charge < -0.3 is 14.6 Å². The molecule has 0 aromatic heterocycles. The predicted molar refractivity (Wildman–Crippen MR) is 62.3 cm³/mol. The Morgan fingerprint density at radius 2 is 2.06 bits per heavy atom. The third-order valence-corrected chi connectivity index (χ3v) is 2.86. The van der Waals surface area contributed by atoms with E-state index in [2.05, 4.69) is 0 Å². The van der Waals surface area contributed by atoms with Crippen LogP contribution in [-0.4, -0.2) is 17.5 Å². The first-order valence-corrected chi connectivity index (χ1v) is 5.63. The second-order valence-electron chi connectivity index (χ2n) is 4.52. The van der Waals surface area contributed by atoms with E-state index in [4.69, 9.17) is 26.2 Å². The fourth-order valence-corrected chi connectivity index (χ4v) is 1.94. The van der Waals surface area contributed by atoms with Gasteiger partial charge in [0.2, 0.25) is 5.79 Å². The first-order valence-electron chi connectivity index (χ1n) is 5.25. The quantitative estimate of drug-likeness (QED) is 0.867. The number of aliphatic hydroxyl groups excluding tert-OH is 1. The Kier molecular flexibility index (Phi) is 2.76. The van der Waals surface area contributed by atoms with Gasteiger partial charge in [-0.25, -0.2) is 0 Å². The van der Waals surface area contributed by atoms with Crippen LogP contribution < -0.4 is 9.47 Å². The van der Waals surface area contributed by atoms with Crippen LogP contribution >= 0.6 is 11.6 Å². The fraction of sp³-hybridized carbons (Fsp3) is 0.500. The molecule has 1 aromatic rings. The summed E-state index contributed by atoms with van der Waals surface area (Å²) in [7, 11) is 0. The molecule has 0 amide bonds. The van der Waals surface area contributed by atoms with Crippen LogP contribution in [0.1, 0.15) is 32.3 Å². The van der Waals surface area contributed by atoms with E-state index in [9.17, 15) is 0 Å². The molecule has 3 nitrogen and oxygen atoms in total. The zero-order chi connectivity index (χ0) is 11.9. The molecule has 1 aromatic carbocycles. The van der Waals surface area contributed by atoms with Crippen molar-refractivity contribution in [1.29, 1.82) is 0 Å². The van der Waals surface area contributed by atoms with Gasteiger partial charge in [0.15, 0.2) is 11.5 Å². The van der Waals surface area contributed by atoms with Gasteiger partial charge in [0.1, 0.15) is 0 Å². The molecule has 1 atom stereocenters. The SMILES string of the molecule is CC(CO)c1cc(Cl)c2c(c1)OC(C)(C)O2. The Morgan fingerprint density at radius 3 is 2.69 bits per heavy atom. The average molecular weight is 243 g/mol. The lowest BCUT2D eigenvalue weighted by molar-refractivity contribution is -0.0431. The molecule has 16 heavy (non-hydrogen) atoms. The number of ether oxygens (including phenoxy) is 2. The molecule has 1 N–H and O–H groups in total. The molecule has 0 radical (unpaired) electrons. The number of fused-ring (bicyclic) bond motifs is 1. The van der Waals surface area contributed by atoms with E-state index in [1.54, 1.807) is 0 Å². The molecule has 0 fully saturated rings. The molecule has 1 heterocycles. The summed E-state index contributed by atoms with van der Waals surface area (Å²) < 4.78 is 11.2. The molecule has 0 saturated carbocycles. The van der Waals surface area contributed by atoms with E-state index in [1.165, 1.54) is 0 Å². The van der Waals surface area contributed by atoms with Crippen molar-refractivity contribution in [2.75, 3.05) is 6.61 Å². The summed E-state index contributed by atoms with van der Waals surface area (Å²) in [6.07, 6.45) is 0. The largest absolute Gasteiger partial charge is 0.449 e. The Labute approximate surface area is 99.9 Å². The minimum Gasteiger partial charge on any atom is -0.449 e. The fourth-order valence-electron chi connectivity index (χ4n) is 1.68. The summed E-state index contributed by atoms with van der Waals surface area (Å²) in [5.74, 6) is 0.594. The Balaban J connectivity index is 2.42. The molecular formula is C12H15ClO3. The lowest BCUT2D eigenvalue weighted by Gasteiger charge is -2.16. The van der Waals surface area contributed by atoms with Crippen molar-refractivity contribution in [2.45, 2.75) is 32.5 Å². The second-order valence-corrected chi connectivity index (χ2v) is 4.92. The summed E-state index contributed by atoms with van der Waals surface area (Å²) in [4.78, 5) is 0. The van der Waals surface area contributed by atoms with E-state index < -0.39 is 5.79 Å². The van der Waals surface area contributed by atoms with Gasteiger partial charge in [0.05, 0.1) is 5.02 Å². The van der Waals surface area contributed by atoms with Crippen LogP contribution in [-0.2, 0) is 0 Å². The summed E-state index contributed by atoms with van der Waals surface area (Å²) in [6.45, 7) is 5.68. The molecule has 4 heteroatoms. The number of benzene rings is 1. The third-order valence-electron chi connectivity index (χ3n) is 2.58. The van der Waals surface area contributed by atoms with Crippen LogP contribution in [0.15, 0.2) is 12.1 Å². The summed E-state index contributed by atoms with van der Waals surface area (Å²) in [5, 5.41) is 9.64. The third kappa shape index (κ3) is 1.97. The zero-order valence-electron chi connectivity index (χ0n) is 9.58. The van der Waals surface area contributed by atoms with Crippen LogP contribution in [0.3, 0.4) is 0 Å². The predicted octanol–water partition coefficient (Wildman–Crippen LogP) is 2.94. The monoisotopic (exact) mass is 242 g/mol. The van der Waals surface area contributed by atoms with Crippen LogP contribution in [0.4, 0.5) is 0 Å². The standard InChI is InChI=1S/C12H15ClO3/c1-7(6-14)8-4-9(13)11-10(5-8)15-12(2,3)16-11/h4-5,7,14H,6H2,1-3H3. The summed E-state index contributed by atoms with van der Waals surface area (Å²) in [5.41, 5.74) is 0.951. The van der Waals surface area contributed by atoms with Gasteiger partial charge in [-0.1, -0.05) is 18.5 Å². The number of hydrogen-bond donors (Lipinski definition) is 1. The topological polar surface area (TPSA) is 38.7 Å². The van der Waals surface area contributed by atoms with Gasteiger partial charge in [-0.05, 0) is 17.7 Å². The minimum atomic E-state index is -0.674. The lowest BCUT2D eigenvalue weighted by Crippen LogP contribution is -2.29. The average Bonchev–Trinajstić information content (AvgIpc) is 2.52. The van der Waals surface area contributed by atoms with Crippen molar-refractivity contribution < 1.29 is 14.6 Å². The first kappa shape index (κ1) is 11.6. The van der Waals surface area contributed by atoms with E-state index in [-0.39, 0.29) is 12.5 Å². The van der Waals surface area contributed by atoms with Gasteiger partial charge in [-0.15, -0.1) is 0 Å². The van der Waals surface area contributed by atoms with Gasteiger partial charge in [0.25, 0.3) is 0 Å². The van der Waals surface area contributed by atoms with Gasteiger partial charge >= 0.3 is 0 Å². The number of rotatable bonds is 2. The number of hydrogen-bond acceptors (Lipinski definition) is 3.